The summed E-state index contributed by atoms with van der Waals surface area (Å²) in [5.41, 5.74) is 6.65. The first-order valence-corrected chi connectivity index (χ1v) is 6.81. The molecule has 3 N–H and O–H groups in total. The largest absolute Gasteiger partial charge is 0.496 e. The average Bonchev–Trinajstić information content (AvgIpc) is 2.47. The predicted molar refractivity (Wildman–Crippen MR) is 80.8 cm³/mol. The molecule has 0 aliphatic carbocycles. The molecule has 2 aromatic rings. The summed E-state index contributed by atoms with van der Waals surface area (Å²) in [7, 11) is 1.67. The van der Waals surface area contributed by atoms with E-state index in [0.717, 1.165) is 34.1 Å². The molecule has 6 heteroatoms. The van der Waals surface area contributed by atoms with Crippen molar-refractivity contribution in [1.29, 1.82) is 0 Å². The molecule has 6 nitrogen and oxygen atoms in total. The molecule has 0 aliphatic heterocycles. The molecule has 0 saturated carbocycles. The molecule has 1 atom stereocenters. The van der Waals surface area contributed by atoms with Crippen LogP contribution in [0, 0.1) is 20.8 Å². The number of aromatic nitrogens is 3. The summed E-state index contributed by atoms with van der Waals surface area (Å²) in [6.45, 7) is 5.84. The summed E-state index contributed by atoms with van der Waals surface area (Å²) in [4.78, 5) is 13.0. The molecule has 112 valence electrons. The Morgan fingerprint density at radius 2 is 2.05 bits per heavy atom. The topological polar surface area (TPSA) is 86.0 Å². The molecule has 2 rings (SSSR count). The zero-order valence-electron chi connectivity index (χ0n) is 12.8. The Bertz CT molecular complexity index is 629. The maximum absolute atomic E-state index is 5.68. The van der Waals surface area contributed by atoms with Crippen LogP contribution in [0.5, 0.6) is 5.75 Å². The number of rotatable bonds is 5. The Balaban J connectivity index is 2.31. The fourth-order valence-corrected chi connectivity index (χ4v) is 2.39. The van der Waals surface area contributed by atoms with E-state index in [1.807, 2.05) is 33.0 Å². The average molecular weight is 287 g/mol. The van der Waals surface area contributed by atoms with Gasteiger partial charge in [0.25, 0.3) is 0 Å². The van der Waals surface area contributed by atoms with Crippen molar-refractivity contribution in [2.24, 2.45) is 5.84 Å². The highest BCUT2D eigenvalue weighted by Crippen LogP contribution is 2.26. The van der Waals surface area contributed by atoms with Gasteiger partial charge in [-0.05, 0) is 26.8 Å². The van der Waals surface area contributed by atoms with Crippen molar-refractivity contribution in [3.05, 3.63) is 46.8 Å². The van der Waals surface area contributed by atoms with Crippen molar-refractivity contribution in [3.8, 4) is 5.75 Å². The predicted octanol–water partition coefficient (Wildman–Crippen LogP) is 1.55. The van der Waals surface area contributed by atoms with Crippen LogP contribution in [-0.2, 0) is 6.42 Å². The highest BCUT2D eigenvalue weighted by Gasteiger charge is 2.17. The van der Waals surface area contributed by atoms with E-state index >= 15 is 0 Å². The smallest absolute Gasteiger partial charge is 0.128 e. The normalized spacial score (nSPS) is 12.2. The maximum atomic E-state index is 5.68. The van der Waals surface area contributed by atoms with Gasteiger partial charge < -0.3 is 4.74 Å². The fourth-order valence-electron chi connectivity index (χ4n) is 2.39. The number of nitrogens with one attached hydrogen (secondary N) is 1. The molecule has 0 bridgehead atoms. The van der Waals surface area contributed by atoms with E-state index in [9.17, 15) is 0 Å². The maximum Gasteiger partial charge on any atom is 0.128 e. The highest BCUT2D eigenvalue weighted by molar-refractivity contribution is 5.41. The van der Waals surface area contributed by atoms with Crippen LogP contribution >= 0.6 is 0 Å². The first kappa shape index (κ1) is 15.3. The number of nitrogens with two attached hydrogens (primary N) is 1. The molecule has 0 fully saturated rings. The second-order valence-electron chi connectivity index (χ2n) is 5.00. The van der Waals surface area contributed by atoms with Gasteiger partial charge in [0.05, 0.1) is 18.8 Å². The van der Waals surface area contributed by atoms with E-state index in [0.29, 0.717) is 6.42 Å². The quantitative estimate of drug-likeness (QED) is 0.641. The molecule has 0 saturated heterocycles. The Hall–Kier alpha value is -2.05. The third kappa shape index (κ3) is 3.34. The molecule has 2 heterocycles. The summed E-state index contributed by atoms with van der Waals surface area (Å²) >= 11 is 0. The van der Waals surface area contributed by atoms with Crippen molar-refractivity contribution in [2.45, 2.75) is 33.2 Å². The van der Waals surface area contributed by atoms with Crippen molar-refractivity contribution in [3.63, 3.8) is 0 Å². The number of hydrazine groups is 1. The standard InChI is InChI=1S/C15H21N5O/c1-9-8-18-13(10(2)15(9)21-4)7-14(20-16)12-5-6-17-11(3)19-12/h5-6,8,14,20H,7,16H2,1-4H3. The molecule has 0 amide bonds. The van der Waals surface area contributed by atoms with Gasteiger partial charge in [-0.3, -0.25) is 16.3 Å². The lowest BCUT2D eigenvalue weighted by atomic mass is 10.0. The summed E-state index contributed by atoms with van der Waals surface area (Å²) < 4.78 is 5.44. The lowest BCUT2D eigenvalue weighted by Crippen LogP contribution is -2.31. The van der Waals surface area contributed by atoms with Gasteiger partial charge >= 0.3 is 0 Å². The fraction of sp³-hybridized carbons (Fsp3) is 0.400. The van der Waals surface area contributed by atoms with Crippen molar-refractivity contribution in [1.82, 2.24) is 20.4 Å². The number of ether oxygens (including phenoxy) is 1. The van der Waals surface area contributed by atoms with E-state index < -0.39 is 0 Å². The van der Waals surface area contributed by atoms with Crippen molar-refractivity contribution >= 4 is 0 Å². The van der Waals surface area contributed by atoms with Crippen LogP contribution in [-0.4, -0.2) is 22.1 Å². The number of methoxy groups -OCH3 is 1. The van der Waals surface area contributed by atoms with Crippen LogP contribution in [0.1, 0.15) is 34.4 Å². The monoisotopic (exact) mass is 287 g/mol. The zero-order chi connectivity index (χ0) is 15.4. The lowest BCUT2D eigenvalue weighted by Gasteiger charge is -2.18. The second-order valence-corrected chi connectivity index (χ2v) is 5.00. The third-order valence-electron chi connectivity index (χ3n) is 3.50. The first-order chi connectivity index (χ1) is 10.1. The summed E-state index contributed by atoms with van der Waals surface area (Å²) in [6.07, 6.45) is 4.19. The molecule has 0 aliphatic rings. The van der Waals surface area contributed by atoms with Crippen LogP contribution < -0.4 is 16.0 Å². The molecule has 21 heavy (non-hydrogen) atoms. The molecule has 2 aromatic heterocycles. The van der Waals surface area contributed by atoms with Gasteiger partial charge in [-0.15, -0.1) is 0 Å². The Morgan fingerprint density at radius 1 is 1.29 bits per heavy atom. The third-order valence-corrected chi connectivity index (χ3v) is 3.50. The lowest BCUT2D eigenvalue weighted by molar-refractivity contribution is 0.406. The molecule has 1 unspecified atom stereocenters. The summed E-state index contributed by atoms with van der Waals surface area (Å²) in [5.74, 6) is 7.28. The van der Waals surface area contributed by atoms with Crippen LogP contribution in [0.3, 0.4) is 0 Å². The van der Waals surface area contributed by atoms with Gasteiger partial charge in [-0.2, -0.15) is 0 Å². The Labute approximate surface area is 124 Å². The van der Waals surface area contributed by atoms with Gasteiger partial charge in [0.2, 0.25) is 0 Å². The van der Waals surface area contributed by atoms with E-state index in [2.05, 4.69) is 20.4 Å². The summed E-state index contributed by atoms with van der Waals surface area (Å²) in [6, 6.07) is 1.74. The molecule has 0 radical (unpaired) electrons. The SMILES string of the molecule is COc1c(C)cnc(CC(NN)c2ccnc(C)n2)c1C. The van der Waals surface area contributed by atoms with Crippen molar-refractivity contribution < 1.29 is 4.74 Å². The number of aryl methyl sites for hydroxylation is 2. The van der Waals surface area contributed by atoms with Gasteiger partial charge in [-0.1, -0.05) is 0 Å². The van der Waals surface area contributed by atoms with Crippen molar-refractivity contribution in [2.75, 3.05) is 7.11 Å². The molecular formula is C15H21N5O. The van der Waals surface area contributed by atoms with Gasteiger partial charge in [0.15, 0.2) is 0 Å². The minimum atomic E-state index is -0.120. The van der Waals surface area contributed by atoms with E-state index in [1.54, 1.807) is 13.3 Å². The summed E-state index contributed by atoms with van der Waals surface area (Å²) in [5, 5.41) is 0. The van der Waals surface area contributed by atoms with Gasteiger partial charge in [0, 0.05) is 35.6 Å². The number of nitrogens with zero attached hydrogens (tertiary/aromatic N) is 3. The van der Waals surface area contributed by atoms with E-state index in [1.165, 1.54) is 0 Å². The first-order valence-electron chi connectivity index (χ1n) is 6.81. The molecule has 0 aromatic carbocycles. The van der Waals surface area contributed by atoms with Crippen LogP contribution in [0.2, 0.25) is 0 Å². The Morgan fingerprint density at radius 3 is 2.67 bits per heavy atom. The van der Waals surface area contributed by atoms with Crippen LogP contribution in [0.25, 0.3) is 0 Å². The minimum absolute atomic E-state index is 0.120. The van der Waals surface area contributed by atoms with Gasteiger partial charge in [-0.25, -0.2) is 9.97 Å². The Kier molecular flexibility index (Phi) is 4.82. The second kappa shape index (κ2) is 6.60. The molecule has 0 spiro atoms. The van der Waals surface area contributed by atoms with E-state index in [4.69, 9.17) is 10.6 Å². The van der Waals surface area contributed by atoms with Crippen LogP contribution in [0.4, 0.5) is 0 Å². The van der Waals surface area contributed by atoms with E-state index in [-0.39, 0.29) is 6.04 Å². The zero-order valence-corrected chi connectivity index (χ0v) is 12.8. The van der Waals surface area contributed by atoms with Crippen LogP contribution in [0.15, 0.2) is 18.5 Å². The number of hydrogen-bond acceptors (Lipinski definition) is 6. The molecular weight excluding hydrogens is 266 g/mol. The number of hydrogen-bond donors (Lipinski definition) is 2. The number of pyridine rings is 1. The van der Waals surface area contributed by atoms with Gasteiger partial charge in [0.1, 0.15) is 11.6 Å². The highest BCUT2D eigenvalue weighted by atomic mass is 16.5. The minimum Gasteiger partial charge on any atom is -0.496 e.